The van der Waals surface area contributed by atoms with Crippen molar-refractivity contribution in [1.29, 1.82) is 0 Å². The number of hydrogen-bond acceptors (Lipinski definition) is 3. The van der Waals surface area contributed by atoms with Gasteiger partial charge in [0, 0.05) is 25.4 Å². The molecule has 17 heavy (non-hydrogen) atoms. The van der Waals surface area contributed by atoms with Gasteiger partial charge in [-0.25, -0.2) is 0 Å². The molecule has 2 atom stereocenters. The van der Waals surface area contributed by atoms with Gasteiger partial charge in [-0.2, -0.15) is 0 Å². The highest BCUT2D eigenvalue weighted by Gasteiger charge is 2.28. The van der Waals surface area contributed by atoms with E-state index in [-0.39, 0.29) is 11.8 Å². The number of nitrogens with zero attached hydrogens (tertiary/aromatic N) is 1. The van der Waals surface area contributed by atoms with Crippen molar-refractivity contribution < 1.29 is 9.59 Å². The summed E-state index contributed by atoms with van der Waals surface area (Å²) in [6.45, 7) is 5.74. The molecule has 2 unspecified atom stereocenters. The van der Waals surface area contributed by atoms with Gasteiger partial charge in [0.25, 0.3) is 0 Å². The average Bonchev–Trinajstić information content (AvgIpc) is 2.30. The monoisotopic (exact) mass is 240 g/mol. The van der Waals surface area contributed by atoms with Crippen LogP contribution in [0, 0.1) is 5.92 Å². The van der Waals surface area contributed by atoms with Crippen LogP contribution >= 0.6 is 0 Å². The van der Waals surface area contributed by atoms with Crippen molar-refractivity contribution in [1.82, 2.24) is 4.90 Å². The van der Waals surface area contributed by atoms with Gasteiger partial charge < -0.3 is 5.73 Å². The number of rotatable bonds is 6. The summed E-state index contributed by atoms with van der Waals surface area (Å²) in [5.41, 5.74) is 5.35. The molecular weight excluding hydrogens is 216 g/mol. The van der Waals surface area contributed by atoms with E-state index < -0.39 is 0 Å². The zero-order valence-electron chi connectivity index (χ0n) is 10.9. The Morgan fingerprint density at radius 1 is 1.35 bits per heavy atom. The summed E-state index contributed by atoms with van der Waals surface area (Å²) in [7, 11) is 0. The van der Waals surface area contributed by atoms with Crippen LogP contribution in [0.3, 0.4) is 0 Å². The third-order valence-electron chi connectivity index (χ3n) is 3.71. The number of hydrogen-bond donors (Lipinski definition) is 1. The van der Waals surface area contributed by atoms with Crippen LogP contribution in [0.25, 0.3) is 0 Å². The number of carbonyl (C=O) groups is 2. The van der Waals surface area contributed by atoms with Crippen molar-refractivity contribution in [3.8, 4) is 0 Å². The standard InChI is InChI=1S/C13H24N2O2/c1-3-12(16)5-4-8-15-9-11(13(14)17)7-6-10(15)2/h10-11H,3-9H2,1-2H3,(H2,14,17). The fraction of sp³-hybridized carbons (Fsp3) is 0.846. The van der Waals surface area contributed by atoms with Gasteiger partial charge in [0.15, 0.2) is 0 Å². The average molecular weight is 240 g/mol. The van der Waals surface area contributed by atoms with E-state index in [0.29, 0.717) is 24.7 Å². The van der Waals surface area contributed by atoms with Crippen molar-refractivity contribution in [2.24, 2.45) is 11.7 Å². The van der Waals surface area contributed by atoms with Crippen LogP contribution in [-0.2, 0) is 9.59 Å². The van der Waals surface area contributed by atoms with E-state index in [4.69, 9.17) is 5.73 Å². The number of nitrogens with two attached hydrogens (primary N) is 1. The summed E-state index contributed by atoms with van der Waals surface area (Å²) in [6.07, 6.45) is 4.10. The summed E-state index contributed by atoms with van der Waals surface area (Å²) >= 11 is 0. The lowest BCUT2D eigenvalue weighted by Crippen LogP contribution is -2.46. The number of Topliss-reactive ketones (excluding diaryl/α,β-unsaturated/α-hetero) is 1. The lowest BCUT2D eigenvalue weighted by molar-refractivity contribution is -0.124. The van der Waals surface area contributed by atoms with E-state index in [1.165, 1.54) is 0 Å². The first-order valence-electron chi connectivity index (χ1n) is 6.59. The molecule has 4 nitrogen and oxygen atoms in total. The topological polar surface area (TPSA) is 63.4 Å². The molecule has 1 aliphatic heterocycles. The molecule has 0 spiro atoms. The molecular formula is C13H24N2O2. The van der Waals surface area contributed by atoms with Crippen molar-refractivity contribution in [2.45, 2.75) is 52.0 Å². The molecule has 0 aromatic rings. The van der Waals surface area contributed by atoms with Crippen molar-refractivity contribution in [3.63, 3.8) is 0 Å². The Morgan fingerprint density at radius 2 is 2.06 bits per heavy atom. The van der Waals surface area contributed by atoms with Crippen LogP contribution in [0.1, 0.15) is 46.0 Å². The third-order valence-corrected chi connectivity index (χ3v) is 3.71. The fourth-order valence-electron chi connectivity index (χ4n) is 2.38. The highest BCUT2D eigenvalue weighted by Crippen LogP contribution is 2.21. The molecule has 1 heterocycles. The lowest BCUT2D eigenvalue weighted by atomic mass is 9.92. The van der Waals surface area contributed by atoms with Crippen molar-refractivity contribution in [3.05, 3.63) is 0 Å². The van der Waals surface area contributed by atoms with E-state index in [2.05, 4.69) is 11.8 Å². The molecule has 0 radical (unpaired) electrons. The lowest BCUT2D eigenvalue weighted by Gasteiger charge is -2.36. The van der Waals surface area contributed by atoms with Crippen LogP contribution in [0.4, 0.5) is 0 Å². The second-order valence-corrected chi connectivity index (χ2v) is 5.02. The van der Waals surface area contributed by atoms with E-state index >= 15 is 0 Å². The normalized spacial score (nSPS) is 25.8. The molecule has 4 heteroatoms. The number of piperidine rings is 1. The Morgan fingerprint density at radius 3 is 2.65 bits per heavy atom. The van der Waals surface area contributed by atoms with Gasteiger partial charge in [-0.15, -0.1) is 0 Å². The Kier molecular flexibility index (Phi) is 5.62. The van der Waals surface area contributed by atoms with E-state index in [9.17, 15) is 9.59 Å². The maximum absolute atomic E-state index is 11.2. The second-order valence-electron chi connectivity index (χ2n) is 5.02. The zero-order valence-corrected chi connectivity index (χ0v) is 10.9. The number of amides is 1. The summed E-state index contributed by atoms with van der Waals surface area (Å²) in [5.74, 6) is 0.126. The Labute approximate surface area is 104 Å². The van der Waals surface area contributed by atoms with Crippen molar-refractivity contribution in [2.75, 3.05) is 13.1 Å². The van der Waals surface area contributed by atoms with Crippen LogP contribution in [0.5, 0.6) is 0 Å². The van der Waals surface area contributed by atoms with Gasteiger partial charge in [0.05, 0.1) is 5.92 Å². The molecule has 2 N–H and O–H groups in total. The molecule has 1 amide bonds. The number of likely N-dealkylation sites (tertiary alicyclic amines) is 1. The Hall–Kier alpha value is -0.900. The van der Waals surface area contributed by atoms with E-state index in [0.717, 1.165) is 32.4 Å². The van der Waals surface area contributed by atoms with Crippen LogP contribution in [0.2, 0.25) is 0 Å². The van der Waals surface area contributed by atoms with Gasteiger partial charge >= 0.3 is 0 Å². The highest BCUT2D eigenvalue weighted by atomic mass is 16.1. The van der Waals surface area contributed by atoms with E-state index in [1.807, 2.05) is 6.92 Å². The van der Waals surface area contributed by atoms with Gasteiger partial charge in [-0.05, 0) is 32.7 Å². The first kappa shape index (κ1) is 14.2. The molecule has 98 valence electrons. The summed E-state index contributed by atoms with van der Waals surface area (Å²) in [5, 5.41) is 0. The molecule has 0 bridgehead atoms. The van der Waals surface area contributed by atoms with E-state index in [1.54, 1.807) is 0 Å². The summed E-state index contributed by atoms with van der Waals surface area (Å²) in [6, 6.07) is 0.502. The molecule has 0 aromatic heterocycles. The Bertz CT molecular complexity index is 279. The van der Waals surface area contributed by atoms with Crippen LogP contribution < -0.4 is 5.73 Å². The molecule has 1 aliphatic rings. The van der Waals surface area contributed by atoms with Gasteiger partial charge in [-0.3, -0.25) is 14.5 Å². The predicted molar refractivity (Wildman–Crippen MR) is 67.5 cm³/mol. The van der Waals surface area contributed by atoms with Crippen LogP contribution in [-0.4, -0.2) is 35.7 Å². The summed E-state index contributed by atoms with van der Waals surface area (Å²) in [4.78, 5) is 24.7. The maximum atomic E-state index is 11.2. The molecule has 0 aromatic carbocycles. The minimum Gasteiger partial charge on any atom is -0.369 e. The number of primary amides is 1. The zero-order chi connectivity index (χ0) is 12.8. The minimum absolute atomic E-state index is 0.00641. The minimum atomic E-state index is -0.188. The van der Waals surface area contributed by atoms with Gasteiger partial charge in [0.2, 0.25) is 5.91 Å². The summed E-state index contributed by atoms with van der Waals surface area (Å²) < 4.78 is 0. The number of carbonyl (C=O) groups excluding carboxylic acids is 2. The molecule has 1 fully saturated rings. The maximum Gasteiger partial charge on any atom is 0.221 e. The first-order chi connectivity index (χ1) is 8.04. The second kappa shape index (κ2) is 6.74. The third kappa shape index (κ3) is 4.46. The molecule has 0 aliphatic carbocycles. The SMILES string of the molecule is CCC(=O)CCCN1CC(C(N)=O)CCC1C. The number of ketones is 1. The molecule has 0 saturated carbocycles. The van der Waals surface area contributed by atoms with Crippen molar-refractivity contribution >= 4 is 11.7 Å². The first-order valence-corrected chi connectivity index (χ1v) is 6.59. The largest absolute Gasteiger partial charge is 0.369 e. The smallest absolute Gasteiger partial charge is 0.221 e. The van der Waals surface area contributed by atoms with Crippen LogP contribution in [0.15, 0.2) is 0 Å². The molecule has 1 saturated heterocycles. The fourth-order valence-corrected chi connectivity index (χ4v) is 2.38. The van der Waals surface area contributed by atoms with Gasteiger partial charge in [-0.1, -0.05) is 6.92 Å². The highest BCUT2D eigenvalue weighted by molar-refractivity contribution is 5.78. The quantitative estimate of drug-likeness (QED) is 0.762. The van der Waals surface area contributed by atoms with Gasteiger partial charge in [0.1, 0.15) is 5.78 Å². The Balaban J connectivity index is 2.34. The molecule has 1 rings (SSSR count). The predicted octanol–water partition coefficient (Wildman–Crippen LogP) is 1.33.